The summed E-state index contributed by atoms with van der Waals surface area (Å²) in [6.07, 6.45) is 0. The summed E-state index contributed by atoms with van der Waals surface area (Å²) >= 11 is 0. The molecule has 0 fully saturated rings. The third-order valence-corrected chi connectivity index (χ3v) is 6.06. The van der Waals surface area contributed by atoms with Gasteiger partial charge in [-0.2, -0.15) is 0 Å². The van der Waals surface area contributed by atoms with Crippen molar-refractivity contribution in [3.8, 4) is 5.75 Å². The topological polar surface area (TPSA) is 58.6 Å². The zero-order valence-corrected chi connectivity index (χ0v) is 17.6. The molecule has 2 aromatic carbocycles. The molecule has 2 rings (SSSR count). The number of sulfonamides is 1. The van der Waals surface area contributed by atoms with E-state index in [0.717, 1.165) is 29.9 Å². The number of methoxy groups -OCH3 is 1. The molecule has 0 bridgehead atoms. The predicted octanol–water partition coefficient (Wildman–Crippen LogP) is 4.14. The van der Waals surface area contributed by atoms with E-state index in [-0.39, 0.29) is 17.4 Å². The molecule has 0 aliphatic carbocycles. The summed E-state index contributed by atoms with van der Waals surface area (Å²) < 4.78 is 33.4. The number of benzene rings is 2. The maximum atomic E-state index is 12.7. The molecule has 0 amide bonds. The second-order valence-electron chi connectivity index (χ2n) is 6.72. The van der Waals surface area contributed by atoms with Crippen molar-refractivity contribution in [3.63, 3.8) is 0 Å². The lowest BCUT2D eigenvalue weighted by Crippen LogP contribution is -2.24. The molecular weight excluding hydrogens is 360 g/mol. The maximum absolute atomic E-state index is 12.7. The molecule has 0 unspecified atom stereocenters. The van der Waals surface area contributed by atoms with E-state index in [2.05, 4.69) is 23.5 Å². The van der Waals surface area contributed by atoms with Gasteiger partial charge in [0.25, 0.3) is 0 Å². The highest BCUT2D eigenvalue weighted by atomic mass is 32.2. The number of anilines is 1. The van der Waals surface area contributed by atoms with Crippen molar-refractivity contribution in [1.82, 2.24) is 4.72 Å². The van der Waals surface area contributed by atoms with E-state index in [1.54, 1.807) is 25.3 Å². The molecule has 0 radical (unpaired) electrons. The maximum Gasteiger partial charge on any atom is 0.240 e. The lowest BCUT2D eigenvalue weighted by Gasteiger charge is -2.21. The van der Waals surface area contributed by atoms with Crippen LogP contribution in [0.25, 0.3) is 0 Å². The Balaban J connectivity index is 2.14. The van der Waals surface area contributed by atoms with E-state index in [1.165, 1.54) is 0 Å². The van der Waals surface area contributed by atoms with Crippen LogP contribution in [0.5, 0.6) is 5.75 Å². The van der Waals surface area contributed by atoms with E-state index in [1.807, 2.05) is 38.1 Å². The average molecular weight is 391 g/mol. The lowest BCUT2D eigenvalue weighted by atomic mass is 10.0. The normalized spacial score (nSPS) is 11.6. The minimum atomic E-state index is -3.59. The van der Waals surface area contributed by atoms with E-state index >= 15 is 0 Å². The third kappa shape index (κ3) is 5.23. The van der Waals surface area contributed by atoms with Crippen LogP contribution in [-0.2, 0) is 16.6 Å². The highest BCUT2D eigenvalue weighted by Gasteiger charge is 2.17. The average Bonchev–Trinajstić information content (AvgIpc) is 2.67. The Morgan fingerprint density at radius 1 is 1.04 bits per heavy atom. The van der Waals surface area contributed by atoms with Gasteiger partial charge in [-0.25, -0.2) is 13.1 Å². The molecule has 148 valence electrons. The van der Waals surface area contributed by atoms with Gasteiger partial charge >= 0.3 is 0 Å². The van der Waals surface area contributed by atoms with Crippen LogP contribution in [0.1, 0.15) is 44.7 Å². The fraction of sp³-hybridized carbons (Fsp3) is 0.429. The van der Waals surface area contributed by atoms with Crippen molar-refractivity contribution in [2.75, 3.05) is 25.1 Å². The van der Waals surface area contributed by atoms with Gasteiger partial charge in [0.2, 0.25) is 10.0 Å². The van der Waals surface area contributed by atoms with E-state index in [0.29, 0.717) is 5.75 Å². The first-order valence-electron chi connectivity index (χ1n) is 9.33. The molecule has 6 heteroatoms. The summed E-state index contributed by atoms with van der Waals surface area (Å²) in [4.78, 5) is 2.51. The van der Waals surface area contributed by atoms with Crippen molar-refractivity contribution in [1.29, 1.82) is 0 Å². The van der Waals surface area contributed by atoms with Crippen LogP contribution in [0, 0.1) is 0 Å². The fourth-order valence-electron chi connectivity index (χ4n) is 3.01. The molecule has 2 aromatic rings. The minimum absolute atomic E-state index is 0.169. The molecule has 0 atom stereocenters. The van der Waals surface area contributed by atoms with Crippen molar-refractivity contribution in [3.05, 3.63) is 53.6 Å². The number of hydrogen-bond acceptors (Lipinski definition) is 4. The Bertz CT molecular complexity index is 842. The summed E-state index contributed by atoms with van der Waals surface area (Å²) in [7, 11) is -2.00. The van der Waals surface area contributed by atoms with Crippen LogP contribution in [0.15, 0.2) is 47.4 Å². The van der Waals surface area contributed by atoms with Crippen LogP contribution in [0.3, 0.4) is 0 Å². The minimum Gasteiger partial charge on any atom is -0.496 e. The van der Waals surface area contributed by atoms with Gasteiger partial charge in [-0.05, 0) is 61.2 Å². The molecule has 0 aliphatic rings. The summed E-state index contributed by atoms with van der Waals surface area (Å²) in [5.74, 6) is 0.874. The van der Waals surface area contributed by atoms with E-state index in [4.69, 9.17) is 4.74 Å². The molecule has 0 saturated carbocycles. The number of nitrogens with one attached hydrogen (secondary N) is 1. The summed E-state index contributed by atoms with van der Waals surface area (Å²) in [6.45, 7) is 10.4. The summed E-state index contributed by atoms with van der Waals surface area (Å²) in [5, 5.41) is 0. The zero-order valence-electron chi connectivity index (χ0n) is 16.8. The van der Waals surface area contributed by atoms with Gasteiger partial charge in [0.05, 0.1) is 12.0 Å². The molecule has 0 heterocycles. The Kier molecular flexibility index (Phi) is 7.27. The Morgan fingerprint density at radius 3 is 2.19 bits per heavy atom. The smallest absolute Gasteiger partial charge is 0.240 e. The van der Waals surface area contributed by atoms with E-state index < -0.39 is 10.0 Å². The van der Waals surface area contributed by atoms with Crippen molar-refractivity contribution >= 4 is 15.7 Å². The molecule has 1 N–H and O–H groups in total. The van der Waals surface area contributed by atoms with Crippen molar-refractivity contribution in [2.24, 2.45) is 0 Å². The van der Waals surface area contributed by atoms with Gasteiger partial charge in [0, 0.05) is 25.3 Å². The Morgan fingerprint density at radius 2 is 1.67 bits per heavy atom. The molecule has 5 nitrogen and oxygen atoms in total. The van der Waals surface area contributed by atoms with Gasteiger partial charge in [-0.3, -0.25) is 0 Å². The van der Waals surface area contributed by atoms with Gasteiger partial charge in [0.1, 0.15) is 5.75 Å². The number of ether oxygens (including phenoxy) is 1. The fourth-order valence-corrected chi connectivity index (χ4v) is 4.06. The molecule has 0 saturated heterocycles. The monoisotopic (exact) mass is 390 g/mol. The number of hydrogen-bond donors (Lipinski definition) is 1. The third-order valence-electron chi connectivity index (χ3n) is 4.66. The van der Waals surface area contributed by atoms with Crippen LogP contribution in [0.4, 0.5) is 5.69 Å². The molecular formula is C21H30N2O3S. The molecule has 0 aliphatic heterocycles. The van der Waals surface area contributed by atoms with Crippen molar-refractivity contribution in [2.45, 2.75) is 45.1 Å². The van der Waals surface area contributed by atoms with Gasteiger partial charge in [-0.1, -0.05) is 26.0 Å². The highest BCUT2D eigenvalue weighted by Crippen LogP contribution is 2.29. The summed E-state index contributed by atoms with van der Waals surface area (Å²) in [6, 6.07) is 13.0. The standard InChI is InChI=1S/C21H30N2O3S/c1-6-23(7-2)18-10-8-17(9-11-18)15-22-27(24,25)19-12-13-21(26-5)20(14-19)16(3)4/h8-14,16,22H,6-7,15H2,1-5H3. The van der Waals surface area contributed by atoms with E-state index in [9.17, 15) is 8.42 Å². The Labute approximate surface area is 163 Å². The first-order chi connectivity index (χ1) is 12.8. The van der Waals surface area contributed by atoms with Gasteiger partial charge in [0.15, 0.2) is 0 Å². The zero-order chi connectivity index (χ0) is 20.0. The van der Waals surface area contributed by atoms with Crippen LogP contribution >= 0.6 is 0 Å². The van der Waals surface area contributed by atoms with Crippen LogP contribution in [0.2, 0.25) is 0 Å². The lowest BCUT2D eigenvalue weighted by molar-refractivity contribution is 0.407. The SMILES string of the molecule is CCN(CC)c1ccc(CNS(=O)(=O)c2ccc(OC)c(C(C)C)c2)cc1. The quantitative estimate of drug-likeness (QED) is 0.699. The first-order valence-corrected chi connectivity index (χ1v) is 10.8. The van der Waals surface area contributed by atoms with Gasteiger partial charge in [-0.15, -0.1) is 0 Å². The molecule has 27 heavy (non-hydrogen) atoms. The first kappa shape index (κ1) is 21.3. The molecule has 0 spiro atoms. The second-order valence-corrected chi connectivity index (χ2v) is 8.49. The van der Waals surface area contributed by atoms with Gasteiger partial charge < -0.3 is 9.64 Å². The number of nitrogens with zero attached hydrogens (tertiary/aromatic N) is 1. The second kappa shape index (κ2) is 9.24. The number of rotatable bonds is 9. The van der Waals surface area contributed by atoms with Crippen LogP contribution < -0.4 is 14.4 Å². The van der Waals surface area contributed by atoms with Crippen molar-refractivity contribution < 1.29 is 13.2 Å². The molecule has 0 aromatic heterocycles. The summed E-state index contributed by atoms with van der Waals surface area (Å²) in [5.41, 5.74) is 2.94. The van der Waals surface area contributed by atoms with Crippen LogP contribution in [-0.4, -0.2) is 28.6 Å². The predicted molar refractivity (Wildman–Crippen MR) is 111 cm³/mol. The highest BCUT2D eigenvalue weighted by molar-refractivity contribution is 7.89. The Hall–Kier alpha value is -2.05. The largest absolute Gasteiger partial charge is 0.496 e.